The number of aromatic nitrogens is 4. The highest BCUT2D eigenvalue weighted by molar-refractivity contribution is 5.76. The standard InChI is InChI=1S/C20H22F3N5O4/c1-25(11-13-6-8-14(9-7-13)32-20(21,22)23)15(29)5-4-10-28-12-24-17-16(28)18(30)27(3)19(31)26(17)2/h6-9,12H,4-5,10-11H2,1-3H3. The number of hydrogen-bond donors (Lipinski definition) is 0. The van der Waals surface area contributed by atoms with Crippen molar-refractivity contribution in [3.63, 3.8) is 0 Å². The van der Waals surface area contributed by atoms with E-state index in [0.717, 1.165) is 4.57 Å². The normalized spacial score (nSPS) is 11.7. The van der Waals surface area contributed by atoms with Crippen molar-refractivity contribution in [1.29, 1.82) is 0 Å². The van der Waals surface area contributed by atoms with Crippen LogP contribution in [0, 0.1) is 0 Å². The molecule has 0 bridgehead atoms. The van der Waals surface area contributed by atoms with Crippen LogP contribution in [0.3, 0.4) is 0 Å². The maximum Gasteiger partial charge on any atom is 0.573 e. The fraction of sp³-hybridized carbons (Fsp3) is 0.400. The van der Waals surface area contributed by atoms with Gasteiger partial charge in [-0.3, -0.25) is 18.7 Å². The summed E-state index contributed by atoms with van der Waals surface area (Å²) in [6, 6.07) is 5.31. The van der Waals surface area contributed by atoms with Crippen molar-refractivity contribution in [2.24, 2.45) is 14.1 Å². The van der Waals surface area contributed by atoms with Gasteiger partial charge in [0.25, 0.3) is 5.56 Å². The second-order valence-electron chi connectivity index (χ2n) is 7.36. The number of carbonyl (C=O) groups excluding carboxylic acids is 1. The van der Waals surface area contributed by atoms with Crippen molar-refractivity contribution in [3.8, 4) is 5.75 Å². The highest BCUT2D eigenvalue weighted by Crippen LogP contribution is 2.23. The molecule has 0 aliphatic carbocycles. The number of halogens is 3. The van der Waals surface area contributed by atoms with E-state index in [-0.39, 0.29) is 35.8 Å². The molecule has 172 valence electrons. The van der Waals surface area contributed by atoms with Crippen LogP contribution in [0.5, 0.6) is 5.75 Å². The molecule has 0 spiro atoms. The van der Waals surface area contributed by atoms with Gasteiger partial charge in [-0.25, -0.2) is 9.78 Å². The molecule has 0 saturated heterocycles. The zero-order valence-corrected chi connectivity index (χ0v) is 17.7. The summed E-state index contributed by atoms with van der Waals surface area (Å²) >= 11 is 0. The summed E-state index contributed by atoms with van der Waals surface area (Å²) in [5.41, 5.74) is 0.293. The van der Waals surface area contributed by atoms with E-state index in [9.17, 15) is 27.6 Å². The average molecular weight is 453 g/mol. The number of nitrogens with zero attached hydrogens (tertiary/aromatic N) is 5. The Morgan fingerprint density at radius 1 is 1.12 bits per heavy atom. The maximum absolute atomic E-state index is 12.4. The van der Waals surface area contributed by atoms with Gasteiger partial charge in [0.1, 0.15) is 5.75 Å². The summed E-state index contributed by atoms with van der Waals surface area (Å²) in [4.78, 5) is 42.5. The van der Waals surface area contributed by atoms with Crippen molar-refractivity contribution in [1.82, 2.24) is 23.6 Å². The number of imidazole rings is 1. The molecule has 0 unspecified atom stereocenters. The van der Waals surface area contributed by atoms with E-state index in [1.54, 1.807) is 11.6 Å². The number of amides is 1. The van der Waals surface area contributed by atoms with Crippen LogP contribution in [0.15, 0.2) is 40.2 Å². The van der Waals surface area contributed by atoms with E-state index in [1.165, 1.54) is 54.2 Å². The quantitative estimate of drug-likeness (QED) is 0.544. The molecule has 2 aromatic heterocycles. The lowest BCUT2D eigenvalue weighted by Crippen LogP contribution is -2.37. The number of ether oxygens (including phenoxy) is 1. The highest BCUT2D eigenvalue weighted by atomic mass is 19.4. The second-order valence-corrected chi connectivity index (χ2v) is 7.36. The van der Waals surface area contributed by atoms with Crippen LogP contribution in [-0.2, 0) is 32.0 Å². The Labute approximate surface area is 180 Å². The van der Waals surface area contributed by atoms with Gasteiger partial charge in [-0.05, 0) is 24.1 Å². The van der Waals surface area contributed by atoms with Crippen LogP contribution in [0.4, 0.5) is 13.2 Å². The number of alkyl halides is 3. The molecule has 2 heterocycles. The second kappa shape index (κ2) is 8.89. The molecule has 0 aliphatic rings. The Bertz CT molecular complexity index is 1240. The topological polar surface area (TPSA) is 91.4 Å². The molecule has 0 atom stereocenters. The monoisotopic (exact) mass is 453 g/mol. The molecule has 3 rings (SSSR count). The lowest BCUT2D eigenvalue weighted by atomic mass is 10.2. The van der Waals surface area contributed by atoms with Gasteiger partial charge < -0.3 is 14.2 Å². The van der Waals surface area contributed by atoms with Gasteiger partial charge in [-0.1, -0.05) is 12.1 Å². The minimum absolute atomic E-state index is 0.162. The van der Waals surface area contributed by atoms with Crippen LogP contribution in [0.25, 0.3) is 11.2 Å². The van der Waals surface area contributed by atoms with E-state index in [1.807, 2.05) is 0 Å². The summed E-state index contributed by atoms with van der Waals surface area (Å²) in [6.45, 7) is 0.578. The minimum Gasteiger partial charge on any atom is -0.406 e. The third-order valence-corrected chi connectivity index (χ3v) is 5.01. The van der Waals surface area contributed by atoms with Gasteiger partial charge in [0.15, 0.2) is 11.2 Å². The average Bonchev–Trinajstić information content (AvgIpc) is 3.15. The van der Waals surface area contributed by atoms with Crippen LogP contribution < -0.4 is 16.0 Å². The summed E-state index contributed by atoms with van der Waals surface area (Å²) in [7, 11) is 4.52. The molecule has 0 radical (unpaired) electrons. The fourth-order valence-corrected chi connectivity index (χ4v) is 3.32. The molecule has 9 nitrogen and oxygen atoms in total. The number of carbonyl (C=O) groups is 1. The molecule has 1 amide bonds. The zero-order chi connectivity index (χ0) is 23.6. The van der Waals surface area contributed by atoms with Gasteiger partial charge in [-0.15, -0.1) is 13.2 Å². The third-order valence-electron chi connectivity index (χ3n) is 5.01. The molecule has 32 heavy (non-hydrogen) atoms. The summed E-state index contributed by atoms with van der Waals surface area (Å²) < 4.78 is 44.4. The summed E-state index contributed by atoms with van der Waals surface area (Å²) in [6.07, 6.45) is -2.67. The zero-order valence-electron chi connectivity index (χ0n) is 17.7. The first kappa shape index (κ1) is 23.1. The molecule has 12 heteroatoms. The van der Waals surface area contributed by atoms with Crippen molar-refractivity contribution < 1.29 is 22.7 Å². The van der Waals surface area contributed by atoms with Crippen molar-refractivity contribution in [2.75, 3.05) is 7.05 Å². The number of rotatable bonds is 7. The van der Waals surface area contributed by atoms with Gasteiger partial charge in [0.05, 0.1) is 6.33 Å². The lowest BCUT2D eigenvalue weighted by molar-refractivity contribution is -0.274. The fourth-order valence-electron chi connectivity index (χ4n) is 3.32. The molecular weight excluding hydrogens is 431 g/mol. The predicted molar refractivity (Wildman–Crippen MR) is 109 cm³/mol. The molecule has 3 aromatic rings. The number of benzene rings is 1. The molecule has 0 N–H and O–H groups in total. The largest absolute Gasteiger partial charge is 0.573 e. The third kappa shape index (κ3) is 5.01. The van der Waals surface area contributed by atoms with Crippen LogP contribution in [0.1, 0.15) is 18.4 Å². The van der Waals surface area contributed by atoms with Gasteiger partial charge in [0.2, 0.25) is 5.91 Å². The Balaban J connectivity index is 1.58. The van der Waals surface area contributed by atoms with E-state index < -0.39 is 17.6 Å². The van der Waals surface area contributed by atoms with Gasteiger partial charge in [0, 0.05) is 40.7 Å². The van der Waals surface area contributed by atoms with E-state index >= 15 is 0 Å². The Kier molecular flexibility index (Phi) is 6.42. The van der Waals surface area contributed by atoms with Crippen LogP contribution in [0.2, 0.25) is 0 Å². The molecule has 0 aliphatic heterocycles. The molecule has 0 saturated carbocycles. The molecular formula is C20H22F3N5O4. The van der Waals surface area contributed by atoms with E-state index in [4.69, 9.17) is 0 Å². The number of hydrogen-bond acceptors (Lipinski definition) is 5. The van der Waals surface area contributed by atoms with Crippen molar-refractivity contribution in [3.05, 3.63) is 57.0 Å². The summed E-state index contributed by atoms with van der Waals surface area (Å²) in [5.74, 6) is -0.489. The van der Waals surface area contributed by atoms with Crippen molar-refractivity contribution >= 4 is 17.1 Å². The maximum atomic E-state index is 12.4. The Hall–Kier alpha value is -3.57. The first-order valence-electron chi connectivity index (χ1n) is 9.67. The van der Waals surface area contributed by atoms with Gasteiger partial charge in [-0.2, -0.15) is 0 Å². The van der Waals surface area contributed by atoms with Crippen LogP contribution >= 0.6 is 0 Å². The number of fused-ring (bicyclic) bond motifs is 1. The van der Waals surface area contributed by atoms with Gasteiger partial charge >= 0.3 is 12.1 Å². The SMILES string of the molecule is CN(Cc1ccc(OC(F)(F)F)cc1)C(=O)CCCn1cnc2c1c(=O)n(C)c(=O)n2C. The van der Waals surface area contributed by atoms with Crippen molar-refractivity contribution in [2.45, 2.75) is 32.3 Å². The molecule has 0 fully saturated rings. The van der Waals surface area contributed by atoms with E-state index in [0.29, 0.717) is 18.5 Å². The summed E-state index contributed by atoms with van der Waals surface area (Å²) in [5, 5.41) is 0. The highest BCUT2D eigenvalue weighted by Gasteiger charge is 2.31. The van der Waals surface area contributed by atoms with E-state index in [2.05, 4.69) is 9.72 Å². The minimum atomic E-state index is -4.76. The predicted octanol–water partition coefficient (Wildman–Crippen LogP) is 1.77. The number of aryl methyl sites for hydroxylation is 2. The Morgan fingerprint density at radius 3 is 2.41 bits per heavy atom. The molecule has 1 aromatic carbocycles. The first-order chi connectivity index (χ1) is 15.0. The lowest BCUT2D eigenvalue weighted by Gasteiger charge is -2.18. The smallest absolute Gasteiger partial charge is 0.406 e. The Morgan fingerprint density at radius 2 is 1.78 bits per heavy atom. The first-order valence-corrected chi connectivity index (χ1v) is 9.67. The van der Waals surface area contributed by atoms with Crippen LogP contribution in [-0.4, -0.2) is 42.9 Å².